The van der Waals surface area contributed by atoms with Crippen molar-refractivity contribution in [3.8, 4) is 0 Å². The van der Waals surface area contributed by atoms with Crippen LogP contribution in [0.15, 0.2) is 10.7 Å². The first-order valence-electron chi connectivity index (χ1n) is 5.67. The number of anilines is 1. The van der Waals surface area contributed by atoms with E-state index in [4.69, 9.17) is 4.52 Å². The van der Waals surface area contributed by atoms with Gasteiger partial charge >= 0.3 is 6.18 Å². The van der Waals surface area contributed by atoms with Gasteiger partial charge in [-0.15, -0.1) is 11.3 Å². The maximum absolute atomic E-state index is 12.8. The van der Waals surface area contributed by atoms with E-state index in [9.17, 15) is 13.2 Å². The molecule has 8 heteroatoms. The van der Waals surface area contributed by atoms with Gasteiger partial charge in [0.15, 0.2) is 10.8 Å². The van der Waals surface area contributed by atoms with Crippen LogP contribution in [0.1, 0.15) is 21.9 Å². The topological polar surface area (TPSA) is 42.2 Å². The molecule has 3 heterocycles. The third kappa shape index (κ3) is 2.20. The fourth-order valence-corrected chi connectivity index (χ4v) is 2.87. The summed E-state index contributed by atoms with van der Waals surface area (Å²) >= 11 is 1.47. The lowest BCUT2D eigenvalue weighted by Gasteiger charge is -2.25. The molecule has 4 nitrogen and oxygen atoms in total. The minimum absolute atomic E-state index is 0.131. The van der Waals surface area contributed by atoms with Crippen LogP contribution in [-0.4, -0.2) is 16.7 Å². The normalized spacial score (nSPS) is 15.7. The van der Waals surface area contributed by atoms with Crippen molar-refractivity contribution < 1.29 is 17.7 Å². The van der Waals surface area contributed by atoms with E-state index in [1.807, 2.05) is 11.8 Å². The van der Waals surface area contributed by atoms with Crippen molar-refractivity contribution in [2.24, 2.45) is 0 Å². The van der Waals surface area contributed by atoms with Crippen molar-refractivity contribution in [1.82, 2.24) is 10.1 Å². The standard InChI is InChI=1S/C11H10F3N3OS/c1-6-4-15-10(19-6)17-3-2-8-7(5-17)9(16-18-8)11(12,13)14/h4H,2-3,5H2,1H3. The van der Waals surface area contributed by atoms with Crippen LogP contribution in [0, 0.1) is 6.92 Å². The van der Waals surface area contributed by atoms with Crippen LogP contribution >= 0.6 is 11.3 Å². The number of hydrogen-bond acceptors (Lipinski definition) is 5. The van der Waals surface area contributed by atoms with Crippen molar-refractivity contribution in [2.75, 3.05) is 11.4 Å². The van der Waals surface area contributed by atoms with Gasteiger partial charge in [0.05, 0.1) is 6.54 Å². The van der Waals surface area contributed by atoms with Gasteiger partial charge in [0.2, 0.25) is 0 Å². The lowest BCUT2D eigenvalue weighted by atomic mass is 10.1. The summed E-state index contributed by atoms with van der Waals surface area (Å²) in [5, 5.41) is 3.89. The minimum atomic E-state index is -4.47. The van der Waals surface area contributed by atoms with Crippen molar-refractivity contribution in [1.29, 1.82) is 0 Å². The Bertz CT molecular complexity index is 605. The van der Waals surface area contributed by atoms with Crippen LogP contribution in [0.3, 0.4) is 0 Å². The molecule has 0 spiro atoms. The van der Waals surface area contributed by atoms with Crippen molar-refractivity contribution in [3.05, 3.63) is 28.1 Å². The number of alkyl halides is 3. The largest absolute Gasteiger partial charge is 0.437 e. The van der Waals surface area contributed by atoms with Gasteiger partial charge in [0, 0.05) is 29.6 Å². The molecule has 2 aromatic heterocycles. The van der Waals surface area contributed by atoms with Crippen LogP contribution in [0.25, 0.3) is 0 Å². The summed E-state index contributed by atoms with van der Waals surface area (Å²) in [6.45, 7) is 2.64. The quantitative estimate of drug-likeness (QED) is 0.809. The molecule has 0 aromatic carbocycles. The Morgan fingerprint density at radius 3 is 2.84 bits per heavy atom. The van der Waals surface area contributed by atoms with Gasteiger partial charge in [-0.25, -0.2) is 4.98 Å². The molecule has 0 unspecified atom stereocenters. The Hall–Kier alpha value is -1.57. The Balaban J connectivity index is 1.92. The van der Waals surface area contributed by atoms with E-state index < -0.39 is 11.9 Å². The highest BCUT2D eigenvalue weighted by Gasteiger charge is 2.41. The third-order valence-corrected chi connectivity index (χ3v) is 3.95. The fourth-order valence-electron chi connectivity index (χ4n) is 2.08. The highest BCUT2D eigenvalue weighted by atomic mass is 32.1. The van der Waals surface area contributed by atoms with Crippen LogP contribution in [0.5, 0.6) is 0 Å². The molecule has 3 rings (SSSR count). The van der Waals surface area contributed by atoms with Gasteiger partial charge < -0.3 is 9.42 Å². The van der Waals surface area contributed by atoms with Gasteiger partial charge in [-0.05, 0) is 6.92 Å². The number of rotatable bonds is 1. The lowest BCUT2D eigenvalue weighted by Crippen LogP contribution is -2.30. The SMILES string of the molecule is Cc1cnc(N2CCc3onc(C(F)(F)F)c3C2)s1. The van der Waals surface area contributed by atoms with E-state index in [2.05, 4.69) is 10.1 Å². The zero-order valence-electron chi connectivity index (χ0n) is 9.99. The fraction of sp³-hybridized carbons (Fsp3) is 0.455. The highest BCUT2D eigenvalue weighted by Crippen LogP contribution is 2.36. The predicted octanol–water partition coefficient (Wildman–Crippen LogP) is 3.02. The first-order chi connectivity index (χ1) is 8.95. The van der Waals surface area contributed by atoms with E-state index in [1.165, 1.54) is 11.3 Å². The molecule has 0 saturated heterocycles. The number of thiazole rings is 1. The second-order valence-electron chi connectivity index (χ2n) is 4.36. The minimum Gasteiger partial charge on any atom is -0.360 e. The molecule has 2 aromatic rings. The Morgan fingerprint density at radius 1 is 1.42 bits per heavy atom. The summed E-state index contributed by atoms with van der Waals surface area (Å²) in [5.41, 5.74) is -0.785. The van der Waals surface area contributed by atoms with Crippen molar-refractivity contribution in [2.45, 2.75) is 26.1 Å². The summed E-state index contributed by atoms with van der Waals surface area (Å²) in [5.74, 6) is 0.330. The van der Waals surface area contributed by atoms with Gasteiger partial charge in [-0.2, -0.15) is 13.2 Å². The van der Waals surface area contributed by atoms with Crippen LogP contribution in [-0.2, 0) is 19.1 Å². The molecule has 0 atom stereocenters. The molecule has 19 heavy (non-hydrogen) atoms. The first-order valence-corrected chi connectivity index (χ1v) is 6.49. The summed E-state index contributed by atoms with van der Waals surface area (Å²) in [6, 6.07) is 0. The maximum Gasteiger partial charge on any atom is 0.437 e. The second kappa shape index (κ2) is 4.22. The van der Waals surface area contributed by atoms with Gasteiger partial charge in [-0.3, -0.25) is 0 Å². The van der Waals surface area contributed by atoms with Crippen LogP contribution in [0.2, 0.25) is 0 Å². The smallest absolute Gasteiger partial charge is 0.360 e. The summed E-state index contributed by atoms with van der Waals surface area (Å²) in [6.07, 6.45) is -2.34. The Kier molecular flexibility index (Phi) is 2.77. The van der Waals surface area contributed by atoms with Crippen molar-refractivity contribution >= 4 is 16.5 Å². The van der Waals surface area contributed by atoms with E-state index in [-0.39, 0.29) is 12.1 Å². The van der Waals surface area contributed by atoms with Gasteiger partial charge in [-0.1, -0.05) is 5.16 Å². The predicted molar refractivity (Wildman–Crippen MR) is 63.1 cm³/mol. The van der Waals surface area contributed by atoms with Gasteiger partial charge in [0.1, 0.15) is 5.76 Å². The molecule has 0 fully saturated rings. The molecule has 0 N–H and O–H groups in total. The van der Waals surface area contributed by atoms with Crippen LogP contribution < -0.4 is 4.90 Å². The summed E-state index contributed by atoms with van der Waals surface area (Å²) in [4.78, 5) is 7.06. The van der Waals surface area contributed by atoms with E-state index in [1.54, 1.807) is 6.20 Å². The Labute approximate surface area is 110 Å². The molecule has 0 saturated carbocycles. The molecule has 0 bridgehead atoms. The van der Waals surface area contributed by atoms with Crippen molar-refractivity contribution in [3.63, 3.8) is 0 Å². The Morgan fingerprint density at radius 2 is 2.21 bits per heavy atom. The molecular weight excluding hydrogens is 279 g/mol. The summed E-state index contributed by atoms with van der Waals surface area (Å²) < 4.78 is 43.2. The zero-order valence-corrected chi connectivity index (χ0v) is 10.8. The highest BCUT2D eigenvalue weighted by molar-refractivity contribution is 7.15. The second-order valence-corrected chi connectivity index (χ2v) is 5.57. The van der Waals surface area contributed by atoms with E-state index >= 15 is 0 Å². The number of fused-ring (bicyclic) bond motifs is 1. The first kappa shape index (κ1) is 12.5. The molecule has 0 aliphatic carbocycles. The number of aryl methyl sites for hydroxylation is 1. The molecule has 1 aliphatic rings. The zero-order chi connectivity index (χ0) is 13.6. The lowest BCUT2D eigenvalue weighted by molar-refractivity contribution is -0.143. The number of nitrogens with zero attached hydrogens (tertiary/aromatic N) is 3. The van der Waals surface area contributed by atoms with E-state index in [0.717, 1.165) is 10.0 Å². The summed E-state index contributed by atoms with van der Waals surface area (Å²) in [7, 11) is 0. The van der Waals surface area contributed by atoms with Crippen LogP contribution in [0.4, 0.5) is 18.3 Å². The maximum atomic E-state index is 12.8. The van der Waals surface area contributed by atoms with E-state index in [0.29, 0.717) is 18.7 Å². The molecule has 0 amide bonds. The average molecular weight is 289 g/mol. The van der Waals surface area contributed by atoms with Gasteiger partial charge in [0.25, 0.3) is 0 Å². The third-order valence-electron chi connectivity index (χ3n) is 2.98. The monoisotopic (exact) mass is 289 g/mol. The number of hydrogen-bond donors (Lipinski definition) is 0. The molecule has 102 valence electrons. The molecule has 0 radical (unpaired) electrons. The molecule has 1 aliphatic heterocycles. The molecular formula is C11H10F3N3OS. The average Bonchev–Trinajstić information content (AvgIpc) is 2.92. The number of aromatic nitrogens is 2. The number of halogens is 3.